The number of hydrogen-bond donors (Lipinski definition) is 0. The molecule has 5 nitrogen and oxygen atoms in total. The molecule has 2 atom stereocenters. The van der Waals surface area contributed by atoms with Gasteiger partial charge in [0.25, 0.3) is 0 Å². The molecule has 26 heavy (non-hydrogen) atoms. The van der Waals surface area contributed by atoms with Gasteiger partial charge < -0.3 is 9.42 Å². The van der Waals surface area contributed by atoms with Crippen molar-refractivity contribution in [1.29, 1.82) is 0 Å². The average molecular weight is 369 g/mol. The summed E-state index contributed by atoms with van der Waals surface area (Å²) in [6.07, 6.45) is -3.99. The van der Waals surface area contributed by atoms with Crippen LogP contribution in [0.2, 0.25) is 0 Å². The number of rotatable bonds is 6. The molecule has 0 saturated heterocycles. The fourth-order valence-electron chi connectivity index (χ4n) is 2.48. The van der Waals surface area contributed by atoms with Gasteiger partial charge in [-0.3, -0.25) is 4.79 Å². The Kier molecular flexibility index (Phi) is 4.80. The molecule has 1 fully saturated rings. The van der Waals surface area contributed by atoms with E-state index in [9.17, 15) is 22.4 Å². The molecule has 1 heterocycles. The molecule has 1 saturated carbocycles. The Bertz CT molecular complexity index is 801. The van der Waals surface area contributed by atoms with Crippen LogP contribution >= 0.6 is 0 Å². The Morgan fingerprint density at radius 3 is 2.50 bits per heavy atom. The van der Waals surface area contributed by atoms with Crippen molar-refractivity contribution in [2.24, 2.45) is 5.92 Å². The predicted octanol–water partition coefficient (Wildman–Crippen LogP) is 3.63. The molecular formula is C17H15F4N3O2. The first kappa shape index (κ1) is 18.1. The summed E-state index contributed by atoms with van der Waals surface area (Å²) in [5, 5.41) is 3.32. The molecule has 1 aliphatic carbocycles. The van der Waals surface area contributed by atoms with E-state index in [0.29, 0.717) is 5.56 Å². The second kappa shape index (κ2) is 6.89. The van der Waals surface area contributed by atoms with Gasteiger partial charge in [-0.1, -0.05) is 35.5 Å². The SMILES string of the molecule is C=CCN(Cc1ccc(-c2noc(C(F)(F)F)n2)cc1)C(=O)C1CC1F. The van der Waals surface area contributed by atoms with Crippen molar-refractivity contribution in [3.8, 4) is 11.4 Å². The predicted molar refractivity (Wildman–Crippen MR) is 83.4 cm³/mol. The highest BCUT2D eigenvalue weighted by Gasteiger charge is 2.45. The first-order valence-electron chi connectivity index (χ1n) is 7.83. The Morgan fingerprint density at radius 1 is 1.35 bits per heavy atom. The standard InChI is InChI=1S/C17H15F4N3O2/c1-2-7-24(15(25)12-8-13(12)18)9-10-3-5-11(6-4-10)14-22-16(26-23-14)17(19,20)21/h2-6,12-13H,1,7-9H2. The van der Waals surface area contributed by atoms with Crippen LogP contribution in [0.25, 0.3) is 11.4 Å². The molecule has 1 aliphatic rings. The van der Waals surface area contributed by atoms with E-state index in [4.69, 9.17) is 0 Å². The highest BCUT2D eigenvalue weighted by atomic mass is 19.4. The minimum Gasteiger partial charge on any atom is -0.334 e. The van der Waals surface area contributed by atoms with E-state index in [0.717, 1.165) is 5.56 Å². The Labute approximate surface area is 146 Å². The van der Waals surface area contributed by atoms with Gasteiger partial charge >= 0.3 is 12.1 Å². The highest BCUT2D eigenvalue weighted by molar-refractivity contribution is 5.82. The van der Waals surface area contributed by atoms with Gasteiger partial charge in [0.05, 0.1) is 5.92 Å². The van der Waals surface area contributed by atoms with Crippen molar-refractivity contribution in [2.75, 3.05) is 6.54 Å². The number of amides is 1. The zero-order valence-corrected chi connectivity index (χ0v) is 13.5. The van der Waals surface area contributed by atoms with Gasteiger partial charge in [0, 0.05) is 18.7 Å². The van der Waals surface area contributed by atoms with E-state index in [1.165, 1.54) is 17.0 Å². The second-order valence-corrected chi connectivity index (χ2v) is 5.98. The van der Waals surface area contributed by atoms with E-state index >= 15 is 0 Å². The fourth-order valence-corrected chi connectivity index (χ4v) is 2.48. The van der Waals surface area contributed by atoms with Gasteiger partial charge in [-0.15, -0.1) is 6.58 Å². The minimum atomic E-state index is -4.70. The smallest absolute Gasteiger partial charge is 0.334 e. The van der Waals surface area contributed by atoms with Crippen LogP contribution in [0.5, 0.6) is 0 Å². The van der Waals surface area contributed by atoms with Crippen molar-refractivity contribution >= 4 is 5.91 Å². The van der Waals surface area contributed by atoms with Crippen LogP contribution in [-0.4, -0.2) is 33.7 Å². The molecule has 0 spiro atoms. The van der Waals surface area contributed by atoms with E-state index < -0.39 is 24.2 Å². The molecule has 1 aromatic carbocycles. The number of carbonyl (C=O) groups is 1. The van der Waals surface area contributed by atoms with Crippen molar-refractivity contribution in [2.45, 2.75) is 25.3 Å². The molecule has 0 N–H and O–H groups in total. The van der Waals surface area contributed by atoms with E-state index in [2.05, 4.69) is 21.2 Å². The summed E-state index contributed by atoms with van der Waals surface area (Å²) in [5.74, 6) is -2.45. The topological polar surface area (TPSA) is 59.2 Å². The molecule has 138 valence electrons. The molecule has 1 aromatic heterocycles. The summed E-state index contributed by atoms with van der Waals surface area (Å²) < 4.78 is 54.8. The molecule has 0 bridgehead atoms. The van der Waals surface area contributed by atoms with Crippen molar-refractivity contribution < 1.29 is 26.9 Å². The molecule has 9 heteroatoms. The lowest BCUT2D eigenvalue weighted by atomic mass is 10.1. The average Bonchev–Trinajstić information content (AvgIpc) is 3.10. The summed E-state index contributed by atoms with van der Waals surface area (Å²) in [5.41, 5.74) is 1.08. The van der Waals surface area contributed by atoms with Gasteiger partial charge in [0.1, 0.15) is 6.17 Å². The zero-order chi connectivity index (χ0) is 18.9. The minimum absolute atomic E-state index is 0.179. The van der Waals surface area contributed by atoms with Crippen LogP contribution in [0.3, 0.4) is 0 Å². The molecule has 2 unspecified atom stereocenters. The zero-order valence-electron chi connectivity index (χ0n) is 13.5. The fraction of sp³-hybridized carbons (Fsp3) is 0.353. The van der Waals surface area contributed by atoms with Gasteiger partial charge in [-0.2, -0.15) is 18.2 Å². The maximum atomic E-state index is 13.1. The molecule has 2 aromatic rings. The number of nitrogens with zero attached hydrogens (tertiary/aromatic N) is 3. The Hall–Kier alpha value is -2.71. The quantitative estimate of drug-likeness (QED) is 0.576. The lowest BCUT2D eigenvalue weighted by Gasteiger charge is -2.21. The number of aromatic nitrogens is 2. The molecular weight excluding hydrogens is 354 g/mol. The normalized spacial score (nSPS) is 19.2. The summed E-state index contributed by atoms with van der Waals surface area (Å²) >= 11 is 0. The molecule has 3 rings (SSSR count). The maximum absolute atomic E-state index is 13.1. The van der Waals surface area contributed by atoms with E-state index in [1.807, 2.05) is 0 Å². The van der Waals surface area contributed by atoms with Crippen LogP contribution in [-0.2, 0) is 17.5 Å². The first-order valence-corrected chi connectivity index (χ1v) is 7.83. The number of benzene rings is 1. The Morgan fingerprint density at radius 2 is 2.00 bits per heavy atom. The number of alkyl halides is 4. The van der Waals surface area contributed by atoms with Crippen LogP contribution in [0.1, 0.15) is 17.9 Å². The van der Waals surface area contributed by atoms with Crippen molar-refractivity contribution in [3.05, 3.63) is 48.4 Å². The van der Waals surface area contributed by atoms with Gasteiger partial charge in [-0.25, -0.2) is 4.39 Å². The summed E-state index contributed by atoms with van der Waals surface area (Å²) in [6, 6.07) is 6.35. The summed E-state index contributed by atoms with van der Waals surface area (Å²) in [4.78, 5) is 17.0. The van der Waals surface area contributed by atoms with Gasteiger partial charge in [-0.05, 0) is 12.0 Å². The molecule has 1 amide bonds. The van der Waals surface area contributed by atoms with Crippen molar-refractivity contribution in [1.82, 2.24) is 15.0 Å². The lowest BCUT2D eigenvalue weighted by molar-refractivity contribution is -0.159. The third-order valence-corrected chi connectivity index (χ3v) is 3.95. The number of halogens is 4. The summed E-state index contributed by atoms with van der Waals surface area (Å²) in [6.45, 7) is 4.12. The largest absolute Gasteiger partial charge is 0.471 e. The first-order chi connectivity index (χ1) is 12.3. The number of carbonyl (C=O) groups excluding carboxylic acids is 1. The lowest BCUT2D eigenvalue weighted by Crippen LogP contribution is -2.32. The molecule has 0 radical (unpaired) electrons. The summed E-state index contributed by atoms with van der Waals surface area (Å²) in [7, 11) is 0. The van der Waals surface area contributed by atoms with Gasteiger partial charge in [0.2, 0.25) is 11.7 Å². The Balaban J connectivity index is 1.71. The number of hydrogen-bond acceptors (Lipinski definition) is 4. The van der Waals surface area contributed by atoms with Crippen LogP contribution < -0.4 is 0 Å². The van der Waals surface area contributed by atoms with Gasteiger partial charge in [0.15, 0.2) is 0 Å². The third kappa shape index (κ3) is 3.92. The van der Waals surface area contributed by atoms with E-state index in [-0.39, 0.29) is 31.2 Å². The van der Waals surface area contributed by atoms with Crippen LogP contribution in [0.15, 0.2) is 41.4 Å². The second-order valence-electron chi connectivity index (χ2n) is 5.98. The maximum Gasteiger partial charge on any atom is 0.471 e. The highest BCUT2D eigenvalue weighted by Crippen LogP contribution is 2.36. The van der Waals surface area contributed by atoms with Crippen LogP contribution in [0, 0.1) is 5.92 Å². The van der Waals surface area contributed by atoms with Crippen molar-refractivity contribution in [3.63, 3.8) is 0 Å². The third-order valence-electron chi connectivity index (χ3n) is 3.95. The van der Waals surface area contributed by atoms with Crippen LogP contribution in [0.4, 0.5) is 17.6 Å². The van der Waals surface area contributed by atoms with E-state index in [1.54, 1.807) is 18.2 Å². The molecule has 0 aliphatic heterocycles. The monoisotopic (exact) mass is 369 g/mol.